The number of hydrogen-bond acceptors (Lipinski definition) is 2. The molecule has 2 rings (SSSR count). The fourth-order valence-corrected chi connectivity index (χ4v) is 2.89. The summed E-state index contributed by atoms with van der Waals surface area (Å²) in [5, 5.41) is 3.15. The van der Waals surface area contributed by atoms with Crippen LogP contribution in [0.25, 0.3) is 0 Å². The average Bonchev–Trinajstić information content (AvgIpc) is 2.42. The van der Waals surface area contributed by atoms with E-state index >= 15 is 0 Å². The fraction of sp³-hybridized carbons (Fsp3) is 0.667. The summed E-state index contributed by atoms with van der Waals surface area (Å²) in [6.45, 7) is 2.59. The highest BCUT2D eigenvalue weighted by molar-refractivity contribution is 5.41. The summed E-state index contributed by atoms with van der Waals surface area (Å²) in [4.78, 5) is 11.6. The molecular formula is C15H21F3N2O. The number of hydrogen-bond donors (Lipinski definition) is 1. The Bertz CT molecular complexity index is 524. The molecule has 1 aromatic rings. The Labute approximate surface area is 122 Å². The summed E-state index contributed by atoms with van der Waals surface area (Å²) in [7, 11) is 0. The van der Waals surface area contributed by atoms with E-state index in [1.807, 2.05) is 6.92 Å². The largest absolute Gasteiger partial charge is 0.391 e. The summed E-state index contributed by atoms with van der Waals surface area (Å²) in [5.74, 6) is -1.22. The highest BCUT2D eigenvalue weighted by Gasteiger charge is 2.42. The molecule has 6 heteroatoms. The van der Waals surface area contributed by atoms with Gasteiger partial charge in [-0.2, -0.15) is 13.2 Å². The third-order valence-electron chi connectivity index (χ3n) is 3.96. The second-order valence-corrected chi connectivity index (χ2v) is 5.70. The van der Waals surface area contributed by atoms with Crippen molar-refractivity contribution < 1.29 is 13.2 Å². The van der Waals surface area contributed by atoms with Crippen LogP contribution in [0.2, 0.25) is 0 Å². The molecule has 1 aliphatic rings. The minimum absolute atomic E-state index is 0.0841. The van der Waals surface area contributed by atoms with Gasteiger partial charge in [-0.15, -0.1) is 0 Å². The number of nitrogens with one attached hydrogen (secondary N) is 1. The van der Waals surface area contributed by atoms with Crippen LogP contribution in [0.1, 0.15) is 39.0 Å². The van der Waals surface area contributed by atoms with E-state index in [9.17, 15) is 18.0 Å². The van der Waals surface area contributed by atoms with Gasteiger partial charge in [0.2, 0.25) is 0 Å². The Hall–Kier alpha value is -1.46. The van der Waals surface area contributed by atoms with Gasteiger partial charge >= 0.3 is 6.18 Å². The number of anilines is 1. The van der Waals surface area contributed by atoms with Gasteiger partial charge in [0.25, 0.3) is 5.56 Å². The zero-order valence-corrected chi connectivity index (χ0v) is 12.1. The van der Waals surface area contributed by atoms with Crippen LogP contribution < -0.4 is 10.9 Å². The van der Waals surface area contributed by atoms with Crippen LogP contribution in [0.4, 0.5) is 18.9 Å². The van der Waals surface area contributed by atoms with Gasteiger partial charge < -0.3 is 9.88 Å². The van der Waals surface area contributed by atoms with Crippen LogP contribution in [0, 0.1) is 5.92 Å². The molecule has 1 aliphatic carbocycles. The van der Waals surface area contributed by atoms with Crippen molar-refractivity contribution in [2.75, 3.05) is 5.32 Å². The predicted octanol–water partition coefficient (Wildman–Crippen LogP) is 3.79. The second-order valence-electron chi connectivity index (χ2n) is 5.70. The van der Waals surface area contributed by atoms with Gasteiger partial charge in [-0.3, -0.25) is 4.79 Å². The summed E-state index contributed by atoms with van der Waals surface area (Å²) >= 11 is 0. The lowest BCUT2D eigenvalue weighted by molar-refractivity contribution is -0.182. The normalized spacial score (nSPS) is 23.0. The van der Waals surface area contributed by atoms with Crippen molar-refractivity contribution in [2.45, 2.75) is 57.8 Å². The Balaban J connectivity index is 2.04. The molecule has 0 bridgehead atoms. The van der Waals surface area contributed by atoms with Gasteiger partial charge in [0, 0.05) is 24.8 Å². The van der Waals surface area contributed by atoms with Crippen LogP contribution in [0.15, 0.2) is 23.1 Å². The highest BCUT2D eigenvalue weighted by Crippen LogP contribution is 2.38. The van der Waals surface area contributed by atoms with E-state index in [-0.39, 0.29) is 24.4 Å². The predicted molar refractivity (Wildman–Crippen MR) is 76.4 cm³/mol. The number of alkyl halides is 3. The van der Waals surface area contributed by atoms with E-state index in [4.69, 9.17) is 0 Å². The summed E-state index contributed by atoms with van der Waals surface area (Å²) in [5.41, 5.74) is 0.634. The molecule has 0 aromatic carbocycles. The Kier molecular flexibility index (Phi) is 4.96. The van der Waals surface area contributed by atoms with Crippen LogP contribution in [-0.4, -0.2) is 16.8 Å². The van der Waals surface area contributed by atoms with E-state index in [0.29, 0.717) is 13.0 Å². The molecule has 1 fully saturated rings. The lowest BCUT2D eigenvalue weighted by Gasteiger charge is -2.31. The van der Waals surface area contributed by atoms with E-state index in [0.717, 1.165) is 18.5 Å². The van der Waals surface area contributed by atoms with Gasteiger partial charge in [0.05, 0.1) is 11.6 Å². The van der Waals surface area contributed by atoms with Crippen molar-refractivity contribution >= 4 is 5.69 Å². The monoisotopic (exact) mass is 302 g/mol. The first-order valence-electron chi connectivity index (χ1n) is 7.44. The maximum Gasteiger partial charge on any atom is 0.391 e. The van der Waals surface area contributed by atoms with E-state index in [2.05, 4.69) is 5.32 Å². The molecule has 1 heterocycles. The van der Waals surface area contributed by atoms with Gasteiger partial charge in [-0.1, -0.05) is 13.3 Å². The molecule has 1 aromatic heterocycles. The number of aromatic nitrogens is 1. The molecule has 0 saturated heterocycles. The van der Waals surface area contributed by atoms with Crippen molar-refractivity contribution in [1.82, 2.24) is 4.57 Å². The zero-order valence-electron chi connectivity index (χ0n) is 12.1. The quantitative estimate of drug-likeness (QED) is 0.918. The first-order valence-corrected chi connectivity index (χ1v) is 7.44. The molecule has 118 valence electrons. The average molecular weight is 302 g/mol. The Morgan fingerprint density at radius 2 is 2.10 bits per heavy atom. The molecule has 3 nitrogen and oxygen atoms in total. The summed E-state index contributed by atoms with van der Waals surface area (Å²) < 4.78 is 40.0. The molecule has 0 spiro atoms. The maximum absolute atomic E-state index is 12.8. The van der Waals surface area contributed by atoms with Gasteiger partial charge in [-0.25, -0.2) is 0 Å². The molecule has 1 saturated carbocycles. The summed E-state index contributed by atoms with van der Waals surface area (Å²) in [6, 6.07) is 2.92. The number of aryl methyl sites for hydroxylation is 1. The van der Waals surface area contributed by atoms with Crippen molar-refractivity contribution in [2.24, 2.45) is 5.92 Å². The van der Waals surface area contributed by atoms with Crippen LogP contribution >= 0.6 is 0 Å². The minimum atomic E-state index is -4.11. The molecule has 1 N–H and O–H groups in total. The van der Waals surface area contributed by atoms with Crippen molar-refractivity contribution in [3.05, 3.63) is 28.7 Å². The van der Waals surface area contributed by atoms with E-state index < -0.39 is 12.1 Å². The molecule has 0 radical (unpaired) electrons. The Morgan fingerprint density at radius 1 is 1.33 bits per heavy atom. The fourth-order valence-electron chi connectivity index (χ4n) is 2.89. The third kappa shape index (κ3) is 4.25. The number of nitrogens with zero attached hydrogens (tertiary/aromatic N) is 1. The molecule has 21 heavy (non-hydrogen) atoms. The standard InChI is InChI=1S/C15H21F3N2O/c1-2-8-20-10-13(6-7-14(20)21)19-12-5-3-4-11(9-12)15(16,17)18/h6-7,10-12,19H,2-5,8-9H2,1H3. The van der Waals surface area contributed by atoms with Gasteiger partial charge in [0.1, 0.15) is 0 Å². The molecule has 0 amide bonds. The Morgan fingerprint density at radius 3 is 2.76 bits per heavy atom. The molecule has 2 unspecified atom stereocenters. The first kappa shape index (κ1) is 15.9. The number of halogens is 3. The van der Waals surface area contributed by atoms with Gasteiger partial charge in [0.15, 0.2) is 0 Å². The van der Waals surface area contributed by atoms with Crippen LogP contribution in [-0.2, 0) is 6.54 Å². The SMILES string of the molecule is CCCn1cc(NC2CCCC(C(F)(F)F)C2)ccc1=O. The second kappa shape index (κ2) is 6.54. The maximum atomic E-state index is 12.8. The third-order valence-corrected chi connectivity index (χ3v) is 3.96. The van der Waals surface area contributed by atoms with Crippen LogP contribution in [0.5, 0.6) is 0 Å². The lowest BCUT2D eigenvalue weighted by Crippen LogP contribution is -2.35. The highest BCUT2D eigenvalue weighted by atomic mass is 19.4. The number of pyridine rings is 1. The number of rotatable bonds is 4. The van der Waals surface area contributed by atoms with Crippen molar-refractivity contribution in [3.8, 4) is 0 Å². The molecule has 2 atom stereocenters. The summed E-state index contributed by atoms with van der Waals surface area (Å²) in [6.07, 6.45) is 0.0661. The lowest BCUT2D eigenvalue weighted by atomic mass is 9.85. The van der Waals surface area contributed by atoms with Crippen LogP contribution in [0.3, 0.4) is 0 Å². The minimum Gasteiger partial charge on any atom is -0.381 e. The molecular weight excluding hydrogens is 281 g/mol. The van der Waals surface area contributed by atoms with Gasteiger partial charge in [-0.05, 0) is 31.7 Å². The van der Waals surface area contributed by atoms with E-state index in [1.54, 1.807) is 16.8 Å². The topological polar surface area (TPSA) is 34.0 Å². The smallest absolute Gasteiger partial charge is 0.381 e. The molecule has 0 aliphatic heterocycles. The first-order chi connectivity index (χ1) is 9.90. The van der Waals surface area contributed by atoms with Crippen molar-refractivity contribution in [1.29, 1.82) is 0 Å². The van der Waals surface area contributed by atoms with E-state index in [1.165, 1.54) is 6.07 Å². The van der Waals surface area contributed by atoms with Crippen molar-refractivity contribution in [3.63, 3.8) is 0 Å². The zero-order chi connectivity index (χ0) is 15.5.